The van der Waals surface area contributed by atoms with Gasteiger partial charge in [0.15, 0.2) is 0 Å². The Morgan fingerprint density at radius 1 is 0.900 bits per heavy atom. The molecular formula is C22H27N3O4S. The van der Waals surface area contributed by atoms with Gasteiger partial charge in [-0.15, -0.1) is 0 Å². The van der Waals surface area contributed by atoms with E-state index in [1.165, 1.54) is 4.31 Å². The number of sulfonamides is 1. The smallest absolute Gasteiger partial charge is 0.309 e. The molecule has 0 unspecified atom stereocenters. The van der Waals surface area contributed by atoms with E-state index < -0.39 is 21.8 Å². The third-order valence-corrected chi connectivity index (χ3v) is 7.15. The van der Waals surface area contributed by atoms with E-state index in [0.29, 0.717) is 13.0 Å². The molecule has 1 heterocycles. The fraction of sp³-hybridized carbons (Fsp3) is 0.364. The third-order valence-electron chi connectivity index (χ3n) is 5.19. The molecule has 2 amide bonds. The number of hydrogen-bond donors (Lipinski definition) is 2. The van der Waals surface area contributed by atoms with Crippen LogP contribution in [0.2, 0.25) is 0 Å². The maximum atomic E-state index is 13.0. The van der Waals surface area contributed by atoms with Crippen molar-refractivity contribution >= 4 is 21.8 Å². The Bertz CT molecular complexity index is 949. The summed E-state index contributed by atoms with van der Waals surface area (Å²) >= 11 is 0. The molecular weight excluding hydrogens is 402 g/mol. The number of carbonyl (C=O) groups is 2. The van der Waals surface area contributed by atoms with Crippen molar-refractivity contribution in [3.63, 3.8) is 0 Å². The molecule has 0 aromatic heterocycles. The van der Waals surface area contributed by atoms with Gasteiger partial charge in [0.25, 0.3) is 0 Å². The van der Waals surface area contributed by atoms with Crippen LogP contribution in [0.15, 0.2) is 65.6 Å². The largest absolute Gasteiger partial charge is 0.348 e. The van der Waals surface area contributed by atoms with Crippen molar-refractivity contribution in [1.29, 1.82) is 0 Å². The predicted octanol–water partition coefficient (Wildman–Crippen LogP) is 2.05. The van der Waals surface area contributed by atoms with Crippen molar-refractivity contribution in [2.75, 3.05) is 13.1 Å². The van der Waals surface area contributed by atoms with Gasteiger partial charge in [0.05, 0.1) is 4.90 Å². The van der Waals surface area contributed by atoms with Gasteiger partial charge >= 0.3 is 11.8 Å². The zero-order valence-corrected chi connectivity index (χ0v) is 17.6. The van der Waals surface area contributed by atoms with Gasteiger partial charge in [0.2, 0.25) is 10.0 Å². The summed E-state index contributed by atoms with van der Waals surface area (Å²) < 4.78 is 27.5. The number of nitrogens with one attached hydrogen (secondary N) is 2. The molecule has 1 aliphatic heterocycles. The van der Waals surface area contributed by atoms with Crippen LogP contribution in [-0.4, -0.2) is 43.7 Å². The quantitative estimate of drug-likeness (QED) is 0.659. The molecule has 2 N–H and O–H groups in total. The normalized spacial score (nSPS) is 17.3. The number of nitrogens with zero attached hydrogens (tertiary/aromatic N) is 1. The first kappa shape index (κ1) is 22.0. The van der Waals surface area contributed by atoms with Crippen LogP contribution < -0.4 is 10.6 Å². The second-order valence-corrected chi connectivity index (χ2v) is 9.18. The van der Waals surface area contributed by atoms with E-state index in [4.69, 9.17) is 0 Å². The van der Waals surface area contributed by atoms with Crippen molar-refractivity contribution < 1.29 is 18.0 Å². The van der Waals surface area contributed by atoms with E-state index in [2.05, 4.69) is 10.6 Å². The third kappa shape index (κ3) is 5.67. The highest BCUT2D eigenvalue weighted by Crippen LogP contribution is 2.26. The van der Waals surface area contributed by atoms with E-state index in [0.717, 1.165) is 24.8 Å². The van der Waals surface area contributed by atoms with Gasteiger partial charge in [0, 0.05) is 25.7 Å². The highest BCUT2D eigenvalue weighted by Gasteiger charge is 2.33. The lowest BCUT2D eigenvalue weighted by molar-refractivity contribution is -0.139. The number of hydrogen-bond acceptors (Lipinski definition) is 4. The molecule has 0 bridgehead atoms. The van der Waals surface area contributed by atoms with Crippen LogP contribution in [-0.2, 0) is 26.2 Å². The highest BCUT2D eigenvalue weighted by molar-refractivity contribution is 7.89. The van der Waals surface area contributed by atoms with Gasteiger partial charge in [0.1, 0.15) is 0 Å². The van der Waals surface area contributed by atoms with Crippen LogP contribution in [0.1, 0.15) is 31.2 Å². The zero-order chi connectivity index (χ0) is 21.4. The van der Waals surface area contributed by atoms with Crippen molar-refractivity contribution in [3.8, 4) is 0 Å². The molecule has 3 rings (SSSR count). The summed E-state index contributed by atoms with van der Waals surface area (Å²) in [5.41, 5.74) is 0.905. The van der Waals surface area contributed by atoms with Gasteiger partial charge in [-0.3, -0.25) is 9.59 Å². The highest BCUT2D eigenvalue weighted by atomic mass is 32.2. The summed E-state index contributed by atoms with van der Waals surface area (Å²) in [6, 6.07) is 17.5. The first-order valence-electron chi connectivity index (χ1n) is 10.2. The maximum Gasteiger partial charge on any atom is 0.309 e. The molecule has 8 heteroatoms. The van der Waals surface area contributed by atoms with Crippen molar-refractivity contribution in [3.05, 3.63) is 66.2 Å². The molecule has 0 saturated carbocycles. The lowest BCUT2D eigenvalue weighted by Crippen LogP contribution is -2.46. The van der Waals surface area contributed by atoms with Gasteiger partial charge in [-0.2, -0.15) is 4.31 Å². The first-order chi connectivity index (χ1) is 14.5. The summed E-state index contributed by atoms with van der Waals surface area (Å²) in [6.45, 7) is 0.981. The van der Waals surface area contributed by atoms with Crippen LogP contribution in [0.25, 0.3) is 0 Å². The second kappa shape index (κ2) is 10.4. The van der Waals surface area contributed by atoms with Gasteiger partial charge in [-0.25, -0.2) is 8.42 Å². The molecule has 2 aromatic rings. The molecule has 0 radical (unpaired) electrons. The van der Waals surface area contributed by atoms with E-state index in [1.54, 1.807) is 30.3 Å². The average Bonchev–Trinajstić information content (AvgIpc) is 2.79. The molecule has 2 aromatic carbocycles. The Morgan fingerprint density at radius 2 is 1.53 bits per heavy atom. The zero-order valence-electron chi connectivity index (χ0n) is 16.8. The monoisotopic (exact) mass is 429 g/mol. The fourth-order valence-corrected chi connectivity index (χ4v) is 5.34. The molecule has 0 spiro atoms. The van der Waals surface area contributed by atoms with Crippen molar-refractivity contribution in [1.82, 2.24) is 14.9 Å². The molecule has 0 aliphatic carbocycles. The molecule has 1 fully saturated rings. The first-order valence-corrected chi connectivity index (χ1v) is 11.6. The number of amides is 2. The SMILES string of the molecule is O=C(NCC[C@@H]1CCCCN1S(=O)(=O)c1ccccc1)C(=O)NCc1ccccc1. The molecule has 30 heavy (non-hydrogen) atoms. The predicted molar refractivity (Wildman–Crippen MR) is 114 cm³/mol. The average molecular weight is 430 g/mol. The Balaban J connectivity index is 1.51. The van der Waals surface area contributed by atoms with Crippen LogP contribution in [0.3, 0.4) is 0 Å². The van der Waals surface area contributed by atoms with Crippen LogP contribution in [0, 0.1) is 0 Å². The molecule has 7 nitrogen and oxygen atoms in total. The minimum absolute atomic E-state index is 0.198. The summed E-state index contributed by atoms with van der Waals surface area (Å²) in [6.07, 6.45) is 2.96. The standard InChI is InChI=1S/C22H27N3O4S/c26-21(22(27)24-17-18-9-3-1-4-10-18)23-15-14-19-11-7-8-16-25(19)30(28,29)20-12-5-2-6-13-20/h1-6,9-10,12-13,19H,7-8,11,14-17H2,(H,23,26)(H,24,27)/t19-/m0/s1. The van der Waals surface area contributed by atoms with E-state index in [-0.39, 0.29) is 24.0 Å². The summed E-state index contributed by atoms with van der Waals surface area (Å²) in [5, 5.41) is 5.19. The Hall–Kier alpha value is -2.71. The van der Waals surface area contributed by atoms with Gasteiger partial charge in [-0.05, 0) is 37.0 Å². The molecule has 1 atom stereocenters. The lowest BCUT2D eigenvalue weighted by Gasteiger charge is -2.34. The molecule has 160 valence electrons. The summed E-state index contributed by atoms with van der Waals surface area (Å²) in [5.74, 6) is -1.41. The second-order valence-electron chi connectivity index (χ2n) is 7.29. The maximum absolute atomic E-state index is 13.0. The minimum Gasteiger partial charge on any atom is -0.348 e. The lowest BCUT2D eigenvalue weighted by atomic mass is 10.0. The number of benzene rings is 2. The molecule has 1 aliphatic rings. The van der Waals surface area contributed by atoms with Crippen molar-refractivity contribution in [2.45, 2.75) is 43.2 Å². The van der Waals surface area contributed by atoms with Crippen molar-refractivity contribution in [2.24, 2.45) is 0 Å². The Kier molecular flexibility index (Phi) is 7.59. The number of piperidine rings is 1. The van der Waals surface area contributed by atoms with E-state index >= 15 is 0 Å². The number of rotatable bonds is 7. The van der Waals surface area contributed by atoms with Gasteiger partial charge in [-0.1, -0.05) is 55.0 Å². The summed E-state index contributed by atoms with van der Waals surface area (Å²) in [7, 11) is -3.58. The number of carbonyl (C=O) groups excluding carboxylic acids is 2. The Labute approximate surface area is 177 Å². The van der Waals surface area contributed by atoms with Crippen LogP contribution >= 0.6 is 0 Å². The fourth-order valence-electron chi connectivity index (χ4n) is 3.60. The van der Waals surface area contributed by atoms with E-state index in [1.807, 2.05) is 30.3 Å². The molecule has 1 saturated heterocycles. The summed E-state index contributed by atoms with van der Waals surface area (Å²) in [4.78, 5) is 24.3. The minimum atomic E-state index is -3.58. The van der Waals surface area contributed by atoms with Gasteiger partial charge < -0.3 is 10.6 Å². The van der Waals surface area contributed by atoms with E-state index in [9.17, 15) is 18.0 Å². The van der Waals surface area contributed by atoms with Crippen LogP contribution in [0.5, 0.6) is 0 Å². The Morgan fingerprint density at radius 3 is 2.23 bits per heavy atom. The van der Waals surface area contributed by atoms with Crippen LogP contribution in [0.4, 0.5) is 0 Å². The topological polar surface area (TPSA) is 95.6 Å².